The van der Waals surface area contributed by atoms with E-state index in [0.717, 1.165) is 19.3 Å². The smallest absolute Gasteiger partial charge is 0.223 e. The van der Waals surface area contributed by atoms with Gasteiger partial charge >= 0.3 is 0 Å². The third-order valence-corrected chi connectivity index (χ3v) is 5.99. The molecule has 7 heteroatoms. The van der Waals surface area contributed by atoms with Crippen molar-refractivity contribution >= 4 is 27.2 Å². The van der Waals surface area contributed by atoms with Crippen LogP contribution in [0.15, 0.2) is 0 Å². The van der Waals surface area contributed by atoms with Crippen molar-refractivity contribution in [1.29, 1.82) is 0 Å². The summed E-state index contributed by atoms with van der Waals surface area (Å²) in [7, 11) is -3.54. The van der Waals surface area contributed by atoms with Crippen LogP contribution in [-0.2, 0) is 10.0 Å². The molecule has 0 aromatic heterocycles. The van der Waals surface area contributed by atoms with Crippen molar-refractivity contribution in [1.82, 2.24) is 4.31 Å². The predicted molar refractivity (Wildman–Crippen MR) is 71.2 cm³/mol. The number of thiocarbonyl (C=S) groups is 1. The highest BCUT2D eigenvalue weighted by Gasteiger charge is 2.35. The Morgan fingerprint density at radius 3 is 2.71 bits per heavy atom. The molecule has 0 amide bonds. The Balaban J connectivity index is 2.97. The molecule has 0 aromatic rings. The minimum Gasteiger partial charge on any atom is -0.395 e. The minimum absolute atomic E-state index is 0.0223. The number of hydrogen-bond donors (Lipinski definition) is 2. The van der Waals surface area contributed by atoms with E-state index in [4.69, 9.17) is 18.0 Å². The fourth-order valence-corrected chi connectivity index (χ4v) is 4.05. The lowest BCUT2D eigenvalue weighted by atomic mass is 10.1. The van der Waals surface area contributed by atoms with Crippen molar-refractivity contribution in [2.75, 3.05) is 13.2 Å². The van der Waals surface area contributed by atoms with Gasteiger partial charge in [0, 0.05) is 12.6 Å². The molecule has 0 bridgehead atoms. The first-order valence-electron chi connectivity index (χ1n) is 5.82. The second-order valence-electron chi connectivity index (χ2n) is 4.39. The molecule has 100 valence electrons. The van der Waals surface area contributed by atoms with Crippen LogP contribution in [-0.4, -0.2) is 47.3 Å². The van der Waals surface area contributed by atoms with Crippen molar-refractivity contribution in [2.45, 2.75) is 43.9 Å². The van der Waals surface area contributed by atoms with Crippen LogP contribution in [0, 0.1) is 0 Å². The van der Waals surface area contributed by atoms with E-state index in [1.54, 1.807) is 0 Å². The van der Waals surface area contributed by atoms with E-state index in [2.05, 4.69) is 0 Å². The first-order chi connectivity index (χ1) is 7.91. The molecule has 1 heterocycles. The van der Waals surface area contributed by atoms with Crippen molar-refractivity contribution < 1.29 is 13.5 Å². The van der Waals surface area contributed by atoms with E-state index >= 15 is 0 Å². The van der Waals surface area contributed by atoms with E-state index in [9.17, 15) is 13.5 Å². The average Bonchev–Trinajstić information content (AvgIpc) is 2.52. The molecule has 1 fully saturated rings. The first kappa shape index (κ1) is 14.8. The molecule has 3 N–H and O–H groups in total. The van der Waals surface area contributed by atoms with Crippen molar-refractivity contribution in [3.63, 3.8) is 0 Å². The summed E-state index contributed by atoms with van der Waals surface area (Å²) < 4.78 is 26.0. The number of aliphatic hydroxyl groups excluding tert-OH is 1. The van der Waals surface area contributed by atoms with Gasteiger partial charge in [0.05, 0.1) is 11.6 Å². The van der Waals surface area contributed by atoms with Gasteiger partial charge in [-0.3, -0.25) is 0 Å². The molecule has 1 aliphatic rings. The second-order valence-corrected chi connectivity index (χ2v) is 7.06. The van der Waals surface area contributed by atoms with E-state index in [1.165, 1.54) is 11.2 Å². The number of nitrogens with two attached hydrogens (primary N) is 1. The summed E-state index contributed by atoms with van der Waals surface area (Å²) in [5.41, 5.74) is 5.42. The lowest BCUT2D eigenvalue weighted by molar-refractivity contribution is 0.186. The van der Waals surface area contributed by atoms with Crippen LogP contribution in [0.1, 0.15) is 32.6 Å². The topological polar surface area (TPSA) is 83.6 Å². The second kappa shape index (κ2) is 6.08. The fraction of sp³-hybridized carbons (Fsp3) is 0.900. The van der Waals surface area contributed by atoms with Gasteiger partial charge in [0.15, 0.2) is 0 Å². The Hall–Kier alpha value is -0.240. The highest BCUT2D eigenvalue weighted by Crippen LogP contribution is 2.22. The van der Waals surface area contributed by atoms with Crippen LogP contribution in [0.3, 0.4) is 0 Å². The van der Waals surface area contributed by atoms with E-state index in [1.807, 2.05) is 0 Å². The average molecular weight is 280 g/mol. The van der Waals surface area contributed by atoms with Gasteiger partial charge in [0.1, 0.15) is 5.25 Å². The Bertz CT molecular complexity index is 370. The molecule has 17 heavy (non-hydrogen) atoms. The fourth-order valence-electron chi connectivity index (χ4n) is 2.02. The van der Waals surface area contributed by atoms with Crippen molar-refractivity contribution in [2.24, 2.45) is 5.73 Å². The lowest BCUT2D eigenvalue weighted by Gasteiger charge is -2.30. The molecule has 0 spiro atoms. The largest absolute Gasteiger partial charge is 0.395 e. The predicted octanol–water partition coefficient (Wildman–Crippen LogP) is 0.228. The molecule has 0 saturated carbocycles. The number of hydrogen-bond acceptors (Lipinski definition) is 4. The van der Waals surface area contributed by atoms with Crippen LogP contribution in [0.25, 0.3) is 0 Å². The van der Waals surface area contributed by atoms with Crippen LogP contribution in [0.4, 0.5) is 0 Å². The van der Waals surface area contributed by atoms with Crippen LogP contribution in [0.2, 0.25) is 0 Å². The van der Waals surface area contributed by atoms with Crippen LogP contribution < -0.4 is 5.73 Å². The molecular weight excluding hydrogens is 260 g/mol. The molecule has 0 aromatic carbocycles. The lowest BCUT2D eigenvalue weighted by Crippen LogP contribution is -2.48. The quantitative estimate of drug-likeness (QED) is 0.720. The summed E-state index contributed by atoms with van der Waals surface area (Å²) in [6.07, 6.45) is 3.45. The van der Waals surface area contributed by atoms with Crippen molar-refractivity contribution in [3.8, 4) is 0 Å². The third kappa shape index (κ3) is 3.37. The molecule has 0 aliphatic carbocycles. The summed E-state index contributed by atoms with van der Waals surface area (Å²) >= 11 is 4.75. The summed E-state index contributed by atoms with van der Waals surface area (Å²) in [5.74, 6) is 0. The van der Waals surface area contributed by atoms with Gasteiger partial charge in [-0.15, -0.1) is 0 Å². The normalized spacial score (nSPS) is 25.2. The maximum Gasteiger partial charge on any atom is 0.223 e. The number of nitrogens with zero attached hydrogens (tertiary/aromatic N) is 1. The summed E-state index contributed by atoms with van der Waals surface area (Å²) in [4.78, 5) is -0.0223. The molecule has 2 unspecified atom stereocenters. The van der Waals surface area contributed by atoms with Gasteiger partial charge in [-0.05, 0) is 19.8 Å². The van der Waals surface area contributed by atoms with E-state index < -0.39 is 15.3 Å². The van der Waals surface area contributed by atoms with Gasteiger partial charge in [-0.2, -0.15) is 4.31 Å². The Labute approximate surface area is 108 Å². The van der Waals surface area contributed by atoms with Gasteiger partial charge in [-0.1, -0.05) is 25.1 Å². The summed E-state index contributed by atoms with van der Waals surface area (Å²) in [5, 5.41) is 8.43. The molecule has 1 aliphatic heterocycles. The monoisotopic (exact) mass is 280 g/mol. The SMILES string of the molecule is CC(C(N)=S)S(=O)(=O)N1CCCCCC1CO. The van der Waals surface area contributed by atoms with E-state index in [0.29, 0.717) is 13.0 Å². The number of rotatable bonds is 4. The highest BCUT2D eigenvalue weighted by molar-refractivity contribution is 7.92. The molecule has 1 rings (SSSR count). The Morgan fingerprint density at radius 2 is 2.18 bits per heavy atom. The van der Waals surface area contributed by atoms with Gasteiger partial charge in [0.2, 0.25) is 10.0 Å². The van der Waals surface area contributed by atoms with Gasteiger partial charge in [0.25, 0.3) is 0 Å². The summed E-state index contributed by atoms with van der Waals surface area (Å²) in [6.45, 7) is 1.79. The van der Waals surface area contributed by atoms with Crippen molar-refractivity contribution in [3.05, 3.63) is 0 Å². The molecular formula is C10H20N2O3S2. The molecule has 5 nitrogen and oxygen atoms in total. The zero-order valence-electron chi connectivity index (χ0n) is 10.0. The Morgan fingerprint density at radius 1 is 1.53 bits per heavy atom. The molecule has 1 saturated heterocycles. The summed E-state index contributed by atoms with van der Waals surface area (Å²) in [6, 6.07) is -0.334. The maximum absolute atomic E-state index is 12.3. The van der Waals surface area contributed by atoms with Gasteiger partial charge in [-0.25, -0.2) is 8.42 Å². The molecule has 0 radical (unpaired) electrons. The number of sulfonamides is 1. The van der Waals surface area contributed by atoms with Crippen LogP contribution in [0.5, 0.6) is 0 Å². The third-order valence-electron chi connectivity index (χ3n) is 3.21. The van der Waals surface area contributed by atoms with Crippen LogP contribution >= 0.6 is 12.2 Å². The zero-order valence-corrected chi connectivity index (χ0v) is 11.6. The maximum atomic E-state index is 12.3. The molecule has 2 atom stereocenters. The minimum atomic E-state index is -3.54. The number of aliphatic hydroxyl groups is 1. The van der Waals surface area contributed by atoms with Gasteiger partial charge < -0.3 is 10.8 Å². The van der Waals surface area contributed by atoms with E-state index in [-0.39, 0.29) is 17.6 Å². The zero-order chi connectivity index (χ0) is 13.1. The highest BCUT2D eigenvalue weighted by atomic mass is 32.2. The standard InChI is InChI=1S/C10H20N2O3S2/c1-8(10(11)16)17(14,15)12-6-4-2-3-5-9(12)7-13/h8-9,13H,2-7H2,1H3,(H2,11,16). The Kier molecular flexibility index (Phi) is 5.30. The first-order valence-corrected chi connectivity index (χ1v) is 7.73.